The summed E-state index contributed by atoms with van der Waals surface area (Å²) in [4.78, 5) is 7.53. The van der Waals surface area contributed by atoms with E-state index in [4.69, 9.17) is 9.47 Å². The summed E-state index contributed by atoms with van der Waals surface area (Å²) in [7, 11) is 0. The van der Waals surface area contributed by atoms with Crippen molar-refractivity contribution < 1.29 is 18.3 Å². The Kier molecular flexibility index (Phi) is 5.01. The summed E-state index contributed by atoms with van der Waals surface area (Å²) >= 11 is 0. The lowest BCUT2D eigenvalue weighted by atomic mass is 10.1. The number of aromatic nitrogens is 2. The molecule has 4 nitrogen and oxygen atoms in total. The zero-order valence-electron chi connectivity index (χ0n) is 14.7. The van der Waals surface area contributed by atoms with Crippen molar-refractivity contribution in [3.05, 3.63) is 96.5 Å². The number of aromatic amines is 1. The molecule has 0 aliphatic carbocycles. The SMILES string of the molecule is Fc1cc(F)cc(Oc2ccc(-c3cnc(COc4ccccc4)[nH]3)cc2)c1. The molecule has 0 spiro atoms. The number of nitrogens with zero attached hydrogens (tertiary/aromatic N) is 1. The lowest BCUT2D eigenvalue weighted by Crippen LogP contribution is -1.97. The lowest BCUT2D eigenvalue weighted by molar-refractivity contribution is 0.297. The predicted molar refractivity (Wildman–Crippen MR) is 101 cm³/mol. The number of hydrogen-bond acceptors (Lipinski definition) is 3. The normalized spacial score (nSPS) is 10.6. The number of H-pyrrole nitrogens is 1. The summed E-state index contributed by atoms with van der Waals surface area (Å²) in [5.74, 6) is 0.682. The number of benzene rings is 3. The van der Waals surface area contributed by atoms with Crippen LogP contribution in [0.4, 0.5) is 8.78 Å². The van der Waals surface area contributed by atoms with Crippen molar-refractivity contribution in [3.63, 3.8) is 0 Å². The average molecular weight is 378 g/mol. The molecular weight excluding hydrogens is 362 g/mol. The topological polar surface area (TPSA) is 47.1 Å². The van der Waals surface area contributed by atoms with Crippen LogP contribution in [0.15, 0.2) is 79.0 Å². The summed E-state index contributed by atoms with van der Waals surface area (Å²) in [6.45, 7) is 0.330. The van der Waals surface area contributed by atoms with E-state index in [2.05, 4.69) is 9.97 Å². The number of imidazole rings is 1. The molecule has 6 heteroatoms. The standard InChI is InChI=1S/C22H16F2N2O2/c23-16-10-17(24)12-20(11-16)28-19-8-6-15(7-9-19)21-13-25-22(26-21)14-27-18-4-2-1-3-5-18/h1-13H,14H2,(H,25,26). The Balaban J connectivity index is 1.42. The van der Waals surface area contributed by atoms with Gasteiger partial charge in [0.25, 0.3) is 0 Å². The van der Waals surface area contributed by atoms with E-state index in [0.29, 0.717) is 18.2 Å². The van der Waals surface area contributed by atoms with Crippen LogP contribution in [0.5, 0.6) is 17.2 Å². The van der Waals surface area contributed by atoms with Crippen LogP contribution in [0.2, 0.25) is 0 Å². The van der Waals surface area contributed by atoms with Gasteiger partial charge in [0.15, 0.2) is 0 Å². The maximum absolute atomic E-state index is 13.2. The van der Waals surface area contributed by atoms with Crippen LogP contribution in [-0.2, 0) is 6.61 Å². The van der Waals surface area contributed by atoms with E-state index in [1.807, 2.05) is 42.5 Å². The molecule has 0 aliphatic rings. The van der Waals surface area contributed by atoms with Gasteiger partial charge < -0.3 is 14.5 Å². The van der Waals surface area contributed by atoms with Gasteiger partial charge in [-0.1, -0.05) is 18.2 Å². The number of nitrogens with one attached hydrogen (secondary N) is 1. The maximum atomic E-state index is 13.2. The van der Waals surface area contributed by atoms with E-state index in [-0.39, 0.29) is 5.75 Å². The minimum Gasteiger partial charge on any atom is -0.486 e. The first-order chi connectivity index (χ1) is 13.7. The van der Waals surface area contributed by atoms with Gasteiger partial charge in [0.1, 0.15) is 41.3 Å². The van der Waals surface area contributed by atoms with E-state index >= 15 is 0 Å². The van der Waals surface area contributed by atoms with Crippen LogP contribution in [0, 0.1) is 11.6 Å². The van der Waals surface area contributed by atoms with Crippen LogP contribution in [-0.4, -0.2) is 9.97 Å². The molecule has 0 saturated carbocycles. The van der Waals surface area contributed by atoms with E-state index in [1.54, 1.807) is 18.3 Å². The van der Waals surface area contributed by atoms with Gasteiger partial charge in [0.2, 0.25) is 0 Å². The fourth-order valence-electron chi connectivity index (χ4n) is 2.68. The van der Waals surface area contributed by atoms with Gasteiger partial charge >= 0.3 is 0 Å². The molecule has 1 aromatic heterocycles. The molecule has 0 aliphatic heterocycles. The van der Waals surface area contributed by atoms with Crippen LogP contribution in [0.25, 0.3) is 11.3 Å². The fraction of sp³-hybridized carbons (Fsp3) is 0.0455. The van der Waals surface area contributed by atoms with Crippen LogP contribution in [0.3, 0.4) is 0 Å². The molecule has 0 fully saturated rings. The third kappa shape index (κ3) is 4.35. The van der Waals surface area contributed by atoms with E-state index < -0.39 is 11.6 Å². The Labute approximate surface area is 160 Å². The molecule has 1 heterocycles. The highest BCUT2D eigenvalue weighted by atomic mass is 19.1. The van der Waals surface area contributed by atoms with E-state index in [1.165, 1.54) is 0 Å². The smallest absolute Gasteiger partial charge is 0.146 e. The van der Waals surface area contributed by atoms with Crippen molar-refractivity contribution in [2.45, 2.75) is 6.61 Å². The molecule has 0 radical (unpaired) electrons. The summed E-state index contributed by atoms with van der Waals surface area (Å²) in [6.07, 6.45) is 1.72. The lowest BCUT2D eigenvalue weighted by Gasteiger charge is -2.07. The summed E-state index contributed by atoms with van der Waals surface area (Å²) in [6, 6.07) is 19.7. The van der Waals surface area contributed by atoms with E-state index in [9.17, 15) is 8.78 Å². The summed E-state index contributed by atoms with van der Waals surface area (Å²) in [5.41, 5.74) is 1.73. The molecule has 0 unspecified atom stereocenters. The van der Waals surface area contributed by atoms with Gasteiger partial charge in [-0.2, -0.15) is 0 Å². The number of rotatable bonds is 6. The Morgan fingerprint density at radius 1 is 0.786 bits per heavy atom. The first-order valence-electron chi connectivity index (χ1n) is 8.62. The van der Waals surface area contributed by atoms with Gasteiger partial charge in [-0.25, -0.2) is 13.8 Å². The Morgan fingerprint density at radius 2 is 1.50 bits per heavy atom. The fourth-order valence-corrected chi connectivity index (χ4v) is 2.68. The molecule has 3 aromatic carbocycles. The predicted octanol–water partition coefficient (Wildman–Crippen LogP) is 5.73. The van der Waals surface area contributed by atoms with Crippen molar-refractivity contribution in [1.29, 1.82) is 0 Å². The monoisotopic (exact) mass is 378 g/mol. The highest BCUT2D eigenvalue weighted by molar-refractivity contribution is 5.59. The Bertz CT molecular complexity index is 1040. The largest absolute Gasteiger partial charge is 0.486 e. The second kappa shape index (κ2) is 7.92. The highest BCUT2D eigenvalue weighted by Crippen LogP contribution is 2.26. The molecule has 1 N–H and O–H groups in total. The van der Waals surface area contributed by atoms with Crippen LogP contribution in [0.1, 0.15) is 5.82 Å². The summed E-state index contributed by atoms with van der Waals surface area (Å²) < 4.78 is 37.7. The Morgan fingerprint density at radius 3 is 2.21 bits per heavy atom. The minimum atomic E-state index is -0.686. The average Bonchev–Trinajstić information content (AvgIpc) is 3.16. The molecule has 0 atom stereocenters. The van der Waals surface area contributed by atoms with Gasteiger partial charge in [-0.05, 0) is 42.0 Å². The van der Waals surface area contributed by atoms with E-state index in [0.717, 1.165) is 35.2 Å². The number of ether oxygens (including phenoxy) is 2. The molecule has 0 amide bonds. The molecular formula is C22H16F2N2O2. The van der Waals surface area contributed by atoms with Crippen molar-refractivity contribution >= 4 is 0 Å². The molecule has 0 bridgehead atoms. The highest BCUT2D eigenvalue weighted by Gasteiger charge is 2.06. The first kappa shape index (κ1) is 17.7. The Hall–Kier alpha value is -3.67. The number of halogens is 2. The minimum absolute atomic E-state index is 0.104. The quantitative estimate of drug-likeness (QED) is 0.466. The molecule has 4 aromatic rings. The summed E-state index contributed by atoms with van der Waals surface area (Å²) in [5, 5.41) is 0. The first-order valence-corrected chi connectivity index (χ1v) is 8.62. The van der Waals surface area contributed by atoms with Crippen molar-refractivity contribution in [2.75, 3.05) is 0 Å². The van der Waals surface area contributed by atoms with Gasteiger partial charge in [-0.15, -0.1) is 0 Å². The van der Waals surface area contributed by atoms with Gasteiger partial charge in [-0.3, -0.25) is 0 Å². The zero-order chi connectivity index (χ0) is 19.3. The molecule has 140 valence electrons. The van der Waals surface area contributed by atoms with Crippen molar-refractivity contribution in [1.82, 2.24) is 9.97 Å². The third-order valence-corrected chi connectivity index (χ3v) is 3.98. The molecule has 4 rings (SSSR count). The maximum Gasteiger partial charge on any atom is 0.146 e. The zero-order valence-corrected chi connectivity index (χ0v) is 14.7. The van der Waals surface area contributed by atoms with Crippen molar-refractivity contribution in [2.24, 2.45) is 0 Å². The second-order valence-corrected chi connectivity index (χ2v) is 6.08. The van der Waals surface area contributed by atoms with Gasteiger partial charge in [0.05, 0.1) is 11.9 Å². The number of para-hydroxylation sites is 1. The third-order valence-electron chi connectivity index (χ3n) is 3.98. The molecule has 28 heavy (non-hydrogen) atoms. The van der Waals surface area contributed by atoms with Crippen LogP contribution >= 0.6 is 0 Å². The van der Waals surface area contributed by atoms with Crippen LogP contribution < -0.4 is 9.47 Å². The van der Waals surface area contributed by atoms with Crippen molar-refractivity contribution in [3.8, 4) is 28.5 Å². The second-order valence-electron chi connectivity index (χ2n) is 6.08. The molecule has 0 saturated heterocycles. The van der Waals surface area contributed by atoms with Gasteiger partial charge in [0, 0.05) is 18.2 Å². The number of hydrogen-bond donors (Lipinski definition) is 1.